The number of nitrogens with two attached hydrogens (primary N) is 1. The van der Waals surface area contributed by atoms with Crippen LogP contribution in [0.25, 0.3) is 0 Å². The monoisotopic (exact) mass is 257 g/mol. The molecule has 0 saturated carbocycles. The molecule has 4 heteroatoms. The summed E-state index contributed by atoms with van der Waals surface area (Å²) in [6.45, 7) is 2.48. The number of benzene rings is 1. The Balaban J connectivity index is 2.64. The molecule has 0 aromatic heterocycles. The van der Waals surface area contributed by atoms with E-state index in [1.165, 1.54) is 18.2 Å². The van der Waals surface area contributed by atoms with Crippen LogP contribution in [0.2, 0.25) is 5.02 Å². The number of Topliss-reactive ketones (excluding diaryl/α,β-unsaturated/α-hetero) is 1. The van der Waals surface area contributed by atoms with Gasteiger partial charge in [0.1, 0.15) is 11.6 Å². The second-order valence-corrected chi connectivity index (χ2v) is 4.60. The average molecular weight is 258 g/mol. The second-order valence-electron chi connectivity index (χ2n) is 4.17. The van der Waals surface area contributed by atoms with Crippen LogP contribution in [-0.2, 0) is 11.2 Å². The van der Waals surface area contributed by atoms with Gasteiger partial charge in [-0.3, -0.25) is 4.79 Å². The van der Waals surface area contributed by atoms with Crippen molar-refractivity contribution in [3.63, 3.8) is 0 Å². The Hall–Kier alpha value is -0.930. The lowest BCUT2D eigenvalue weighted by atomic mass is 9.96. The standard InChI is InChI=1S/C13H17ClFNO/c1-2-9(8-16)5-12(17)7-10-6-11(14)3-4-13(10)15/h3-4,6,9H,2,5,7-8,16H2,1H3. The predicted molar refractivity (Wildman–Crippen MR) is 67.6 cm³/mol. The SMILES string of the molecule is CCC(CN)CC(=O)Cc1cc(Cl)ccc1F. The minimum absolute atomic E-state index is 0.00321. The van der Waals surface area contributed by atoms with Crippen LogP contribution < -0.4 is 5.73 Å². The minimum Gasteiger partial charge on any atom is -0.330 e. The summed E-state index contributed by atoms with van der Waals surface area (Å²) in [7, 11) is 0. The molecule has 1 aromatic rings. The summed E-state index contributed by atoms with van der Waals surface area (Å²) < 4.78 is 13.4. The van der Waals surface area contributed by atoms with E-state index >= 15 is 0 Å². The quantitative estimate of drug-likeness (QED) is 0.851. The molecule has 0 saturated heterocycles. The lowest BCUT2D eigenvalue weighted by Gasteiger charge is -2.11. The molecule has 0 aliphatic carbocycles. The number of rotatable bonds is 6. The van der Waals surface area contributed by atoms with Crippen molar-refractivity contribution in [1.82, 2.24) is 0 Å². The Labute approximate surface area is 106 Å². The van der Waals surface area contributed by atoms with Crippen molar-refractivity contribution in [2.24, 2.45) is 11.7 Å². The average Bonchev–Trinajstić information content (AvgIpc) is 2.31. The van der Waals surface area contributed by atoms with E-state index in [4.69, 9.17) is 17.3 Å². The summed E-state index contributed by atoms with van der Waals surface area (Å²) in [5.41, 5.74) is 5.89. The van der Waals surface area contributed by atoms with Crippen LogP contribution in [0.3, 0.4) is 0 Å². The van der Waals surface area contributed by atoms with Crippen molar-refractivity contribution in [2.45, 2.75) is 26.2 Å². The van der Waals surface area contributed by atoms with E-state index in [0.29, 0.717) is 23.6 Å². The summed E-state index contributed by atoms with van der Waals surface area (Å²) in [6.07, 6.45) is 1.35. The van der Waals surface area contributed by atoms with E-state index in [0.717, 1.165) is 6.42 Å². The van der Waals surface area contributed by atoms with E-state index in [-0.39, 0.29) is 23.9 Å². The molecule has 2 N–H and O–H groups in total. The maximum Gasteiger partial charge on any atom is 0.137 e. The van der Waals surface area contributed by atoms with Gasteiger partial charge < -0.3 is 5.73 Å². The van der Waals surface area contributed by atoms with Crippen molar-refractivity contribution in [3.8, 4) is 0 Å². The minimum atomic E-state index is -0.386. The van der Waals surface area contributed by atoms with Gasteiger partial charge in [0.05, 0.1) is 0 Å². The second kappa shape index (κ2) is 6.72. The molecule has 1 aromatic carbocycles. The lowest BCUT2D eigenvalue weighted by molar-refractivity contribution is -0.119. The summed E-state index contributed by atoms with van der Waals surface area (Å²) in [6, 6.07) is 4.25. The first-order valence-corrected chi connectivity index (χ1v) is 6.10. The van der Waals surface area contributed by atoms with E-state index in [1.807, 2.05) is 6.92 Å². The fourth-order valence-corrected chi connectivity index (χ4v) is 1.87. The Morgan fingerprint density at radius 2 is 2.24 bits per heavy atom. The molecular formula is C13H17ClFNO. The van der Waals surface area contributed by atoms with Crippen LogP contribution in [0.5, 0.6) is 0 Å². The molecule has 0 spiro atoms. The first kappa shape index (κ1) is 14.1. The van der Waals surface area contributed by atoms with Gasteiger partial charge in [-0.2, -0.15) is 0 Å². The van der Waals surface area contributed by atoms with Crippen molar-refractivity contribution in [3.05, 3.63) is 34.6 Å². The van der Waals surface area contributed by atoms with Gasteiger partial charge in [0.15, 0.2) is 0 Å². The number of carbonyl (C=O) groups excluding carboxylic acids is 1. The van der Waals surface area contributed by atoms with Crippen molar-refractivity contribution >= 4 is 17.4 Å². The van der Waals surface area contributed by atoms with Gasteiger partial charge >= 0.3 is 0 Å². The zero-order valence-corrected chi connectivity index (χ0v) is 10.6. The third kappa shape index (κ3) is 4.44. The molecule has 0 amide bonds. The fraction of sp³-hybridized carbons (Fsp3) is 0.462. The topological polar surface area (TPSA) is 43.1 Å². The van der Waals surface area contributed by atoms with Gasteiger partial charge in [-0.05, 0) is 36.2 Å². The van der Waals surface area contributed by atoms with Crippen LogP contribution in [0.1, 0.15) is 25.3 Å². The highest BCUT2D eigenvalue weighted by Crippen LogP contribution is 2.17. The van der Waals surface area contributed by atoms with Gasteiger partial charge in [0.2, 0.25) is 0 Å². The zero-order chi connectivity index (χ0) is 12.8. The van der Waals surface area contributed by atoms with E-state index in [1.54, 1.807) is 0 Å². The largest absolute Gasteiger partial charge is 0.330 e. The molecule has 0 aliphatic rings. The van der Waals surface area contributed by atoms with Crippen LogP contribution in [0, 0.1) is 11.7 Å². The Kier molecular flexibility index (Phi) is 5.59. The van der Waals surface area contributed by atoms with Crippen molar-refractivity contribution in [2.75, 3.05) is 6.54 Å². The van der Waals surface area contributed by atoms with E-state index in [9.17, 15) is 9.18 Å². The Morgan fingerprint density at radius 3 is 2.82 bits per heavy atom. The summed E-state index contributed by atoms with van der Waals surface area (Å²) in [5.74, 6) is -0.197. The van der Waals surface area contributed by atoms with Crippen LogP contribution in [-0.4, -0.2) is 12.3 Å². The number of carbonyl (C=O) groups is 1. The highest BCUT2D eigenvalue weighted by Gasteiger charge is 2.13. The van der Waals surface area contributed by atoms with Crippen LogP contribution >= 0.6 is 11.6 Å². The first-order chi connectivity index (χ1) is 8.06. The third-order valence-electron chi connectivity index (χ3n) is 2.82. The highest BCUT2D eigenvalue weighted by molar-refractivity contribution is 6.30. The summed E-state index contributed by atoms with van der Waals surface area (Å²) in [5, 5.41) is 0.445. The third-order valence-corrected chi connectivity index (χ3v) is 3.06. The predicted octanol–water partition coefficient (Wildman–Crippen LogP) is 2.97. The van der Waals surface area contributed by atoms with Crippen molar-refractivity contribution < 1.29 is 9.18 Å². The van der Waals surface area contributed by atoms with Gasteiger partial charge in [0.25, 0.3) is 0 Å². The molecule has 17 heavy (non-hydrogen) atoms. The van der Waals surface area contributed by atoms with Gasteiger partial charge in [-0.15, -0.1) is 0 Å². The Morgan fingerprint density at radius 1 is 1.53 bits per heavy atom. The van der Waals surface area contributed by atoms with E-state index in [2.05, 4.69) is 0 Å². The van der Waals surface area contributed by atoms with E-state index < -0.39 is 0 Å². The molecule has 1 rings (SSSR count). The van der Waals surface area contributed by atoms with Crippen LogP contribution in [0.4, 0.5) is 4.39 Å². The number of hydrogen-bond donors (Lipinski definition) is 1. The molecule has 0 bridgehead atoms. The number of ketones is 1. The maximum absolute atomic E-state index is 13.4. The first-order valence-electron chi connectivity index (χ1n) is 5.72. The smallest absolute Gasteiger partial charge is 0.137 e. The summed E-state index contributed by atoms with van der Waals surface area (Å²) in [4.78, 5) is 11.7. The molecule has 0 aliphatic heterocycles. The van der Waals surface area contributed by atoms with Crippen LogP contribution in [0.15, 0.2) is 18.2 Å². The molecule has 1 unspecified atom stereocenters. The van der Waals surface area contributed by atoms with Gasteiger partial charge in [-0.25, -0.2) is 4.39 Å². The molecule has 1 atom stereocenters. The zero-order valence-electron chi connectivity index (χ0n) is 9.88. The molecule has 0 fully saturated rings. The molecule has 2 nitrogen and oxygen atoms in total. The fourth-order valence-electron chi connectivity index (χ4n) is 1.68. The van der Waals surface area contributed by atoms with Gasteiger partial charge in [-0.1, -0.05) is 24.9 Å². The van der Waals surface area contributed by atoms with Gasteiger partial charge in [0, 0.05) is 17.9 Å². The van der Waals surface area contributed by atoms with Crippen molar-refractivity contribution in [1.29, 1.82) is 0 Å². The Bertz CT molecular complexity index is 391. The maximum atomic E-state index is 13.4. The molecular weight excluding hydrogens is 241 g/mol. The number of hydrogen-bond acceptors (Lipinski definition) is 2. The molecule has 0 heterocycles. The summed E-state index contributed by atoms with van der Waals surface area (Å²) >= 11 is 5.76. The number of halogens is 2. The normalized spacial score (nSPS) is 12.5. The lowest BCUT2D eigenvalue weighted by Crippen LogP contribution is -2.18. The molecule has 0 radical (unpaired) electrons. The highest BCUT2D eigenvalue weighted by atomic mass is 35.5. The molecule has 94 valence electrons.